The minimum atomic E-state index is -0.676. The lowest BCUT2D eigenvalue weighted by molar-refractivity contribution is -0.141. The third-order valence-electron chi connectivity index (χ3n) is 5.42. The van der Waals surface area contributed by atoms with Crippen molar-refractivity contribution in [3.63, 3.8) is 0 Å². The van der Waals surface area contributed by atoms with Crippen molar-refractivity contribution in [2.75, 3.05) is 20.3 Å². The number of hydrogen-bond acceptors (Lipinski definition) is 5. The average molecular weight is 409 g/mol. The number of Topliss-reactive ketones (excluding diaryl/α,β-unsaturated/α-hetero) is 1. The molecule has 1 fully saturated rings. The van der Waals surface area contributed by atoms with Crippen molar-refractivity contribution in [3.05, 3.63) is 65.2 Å². The quantitative estimate of drug-likeness (QED) is 0.528. The Labute approximate surface area is 176 Å². The molecule has 0 atom stereocenters. The molecule has 0 spiro atoms. The maximum Gasteiger partial charge on any atom is 0.325 e. The van der Waals surface area contributed by atoms with Crippen LogP contribution in [0, 0.1) is 0 Å². The molecule has 0 heterocycles. The van der Waals surface area contributed by atoms with E-state index in [1.807, 2.05) is 12.1 Å². The second-order valence-electron chi connectivity index (χ2n) is 7.42. The predicted molar refractivity (Wildman–Crippen MR) is 113 cm³/mol. The lowest BCUT2D eigenvalue weighted by Gasteiger charge is -2.22. The number of nitrogens with one attached hydrogen (secondary N) is 1. The third-order valence-corrected chi connectivity index (χ3v) is 5.42. The summed E-state index contributed by atoms with van der Waals surface area (Å²) in [5.41, 5.74) is 2.10. The highest BCUT2D eigenvalue weighted by atomic mass is 16.5. The summed E-state index contributed by atoms with van der Waals surface area (Å²) in [5.74, 6) is -0.406. The molecular weight excluding hydrogens is 382 g/mol. The van der Waals surface area contributed by atoms with E-state index in [1.54, 1.807) is 36.4 Å². The zero-order valence-corrected chi connectivity index (χ0v) is 17.2. The van der Waals surface area contributed by atoms with Crippen LogP contribution in [-0.2, 0) is 9.53 Å². The fraction of sp³-hybridized carbons (Fsp3) is 0.375. The smallest absolute Gasteiger partial charge is 0.325 e. The fourth-order valence-corrected chi connectivity index (χ4v) is 3.74. The predicted octanol–water partition coefficient (Wildman–Crippen LogP) is 3.90. The van der Waals surface area contributed by atoms with E-state index in [1.165, 1.54) is 44.8 Å². The minimum Gasteiger partial charge on any atom is -0.496 e. The van der Waals surface area contributed by atoms with Crippen LogP contribution in [0.15, 0.2) is 48.5 Å². The van der Waals surface area contributed by atoms with Crippen molar-refractivity contribution in [2.45, 2.75) is 38.0 Å². The van der Waals surface area contributed by atoms with Crippen molar-refractivity contribution in [1.82, 2.24) is 5.32 Å². The summed E-state index contributed by atoms with van der Waals surface area (Å²) >= 11 is 0. The molecule has 0 radical (unpaired) electrons. The molecule has 2 aromatic rings. The number of benzene rings is 2. The molecule has 0 saturated heterocycles. The van der Waals surface area contributed by atoms with Gasteiger partial charge in [-0.1, -0.05) is 55.7 Å². The maximum atomic E-state index is 12.3. The average Bonchev–Trinajstić information content (AvgIpc) is 2.81. The molecule has 1 amide bonds. The summed E-state index contributed by atoms with van der Waals surface area (Å²) < 4.78 is 10.1. The van der Waals surface area contributed by atoms with Crippen molar-refractivity contribution in [3.8, 4) is 5.75 Å². The van der Waals surface area contributed by atoms with Crippen LogP contribution in [0.2, 0.25) is 0 Å². The van der Waals surface area contributed by atoms with E-state index >= 15 is 0 Å². The first kappa shape index (κ1) is 21.6. The van der Waals surface area contributed by atoms with Gasteiger partial charge in [-0.25, -0.2) is 0 Å². The Hall–Kier alpha value is -3.15. The van der Waals surface area contributed by atoms with Gasteiger partial charge in [-0.15, -0.1) is 0 Å². The first-order chi connectivity index (χ1) is 14.6. The van der Waals surface area contributed by atoms with Gasteiger partial charge in [-0.05, 0) is 36.5 Å². The van der Waals surface area contributed by atoms with Gasteiger partial charge < -0.3 is 14.8 Å². The molecule has 0 unspecified atom stereocenters. The van der Waals surface area contributed by atoms with E-state index < -0.39 is 11.9 Å². The Bertz CT molecular complexity index is 885. The number of methoxy groups -OCH3 is 1. The highest BCUT2D eigenvalue weighted by molar-refractivity contribution is 5.99. The highest BCUT2D eigenvalue weighted by Gasteiger charge is 2.17. The summed E-state index contributed by atoms with van der Waals surface area (Å²) in [6.45, 7) is -0.684. The molecule has 158 valence electrons. The molecule has 6 heteroatoms. The zero-order chi connectivity index (χ0) is 21.3. The molecule has 0 bridgehead atoms. The van der Waals surface area contributed by atoms with Crippen LogP contribution in [0.25, 0.3) is 0 Å². The highest BCUT2D eigenvalue weighted by Crippen LogP contribution is 2.32. The van der Waals surface area contributed by atoms with Gasteiger partial charge in [0.05, 0.1) is 12.7 Å². The minimum absolute atomic E-state index is 0.269. The van der Waals surface area contributed by atoms with Crippen LogP contribution in [0.4, 0.5) is 0 Å². The van der Waals surface area contributed by atoms with E-state index in [0.717, 1.165) is 0 Å². The Morgan fingerprint density at radius 2 is 1.67 bits per heavy atom. The number of esters is 1. The fourth-order valence-electron chi connectivity index (χ4n) is 3.74. The van der Waals surface area contributed by atoms with Gasteiger partial charge in [0.2, 0.25) is 0 Å². The second kappa shape index (κ2) is 10.6. The van der Waals surface area contributed by atoms with Gasteiger partial charge in [0.1, 0.15) is 12.3 Å². The van der Waals surface area contributed by atoms with Gasteiger partial charge >= 0.3 is 5.97 Å². The summed E-state index contributed by atoms with van der Waals surface area (Å²) in [6, 6.07) is 14.3. The molecule has 2 aromatic carbocycles. The molecule has 3 rings (SSSR count). The van der Waals surface area contributed by atoms with Crippen molar-refractivity contribution < 1.29 is 23.9 Å². The maximum absolute atomic E-state index is 12.3. The standard InChI is InChI=1S/C24H27NO5/c1-29-22-10-6-5-9-20(22)24(28)25-15-23(27)30-16-21(26)19-13-11-18(12-14-19)17-7-3-2-4-8-17/h5-6,9-14,17H,2-4,7-8,15-16H2,1H3,(H,25,28). The van der Waals surface area contributed by atoms with E-state index in [9.17, 15) is 14.4 Å². The second-order valence-corrected chi connectivity index (χ2v) is 7.42. The molecule has 30 heavy (non-hydrogen) atoms. The van der Waals surface area contributed by atoms with Crippen LogP contribution >= 0.6 is 0 Å². The van der Waals surface area contributed by atoms with Gasteiger partial charge in [-0.3, -0.25) is 14.4 Å². The number of para-hydroxylation sites is 1. The molecule has 0 aliphatic heterocycles. The van der Waals surface area contributed by atoms with Crippen LogP contribution < -0.4 is 10.1 Å². The van der Waals surface area contributed by atoms with Crippen LogP contribution in [0.1, 0.15) is 64.3 Å². The van der Waals surface area contributed by atoms with E-state index in [4.69, 9.17) is 9.47 Å². The summed E-state index contributed by atoms with van der Waals surface area (Å²) in [7, 11) is 1.47. The first-order valence-corrected chi connectivity index (χ1v) is 10.3. The number of ether oxygens (including phenoxy) is 2. The molecule has 1 saturated carbocycles. The van der Waals surface area contributed by atoms with Gasteiger partial charge in [0, 0.05) is 5.56 Å². The number of amides is 1. The monoisotopic (exact) mass is 409 g/mol. The summed E-state index contributed by atoms with van der Waals surface area (Å²) in [5, 5.41) is 2.48. The van der Waals surface area contributed by atoms with Gasteiger partial charge in [-0.2, -0.15) is 0 Å². The Morgan fingerprint density at radius 3 is 2.37 bits per heavy atom. The molecule has 1 N–H and O–H groups in total. The normalized spacial score (nSPS) is 14.0. The molecule has 0 aromatic heterocycles. The SMILES string of the molecule is COc1ccccc1C(=O)NCC(=O)OCC(=O)c1ccc(C2CCCCC2)cc1. The molecular formula is C24H27NO5. The van der Waals surface area contributed by atoms with Crippen molar-refractivity contribution in [2.24, 2.45) is 0 Å². The lowest BCUT2D eigenvalue weighted by Crippen LogP contribution is -2.31. The van der Waals surface area contributed by atoms with Crippen LogP contribution in [0.3, 0.4) is 0 Å². The Balaban J connectivity index is 1.45. The zero-order valence-electron chi connectivity index (χ0n) is 17.2. The summed E-state index contributed by atoms with van der Waals surface area (Å²) in [4.78, 5) is 36.4. The van der Waals surface area contributed by atoms with Gasteiger partial charge in [0.15, 0.2) is 12.4 Å². The van der Waals surface area contributed by atoms with E-state index in [0.29, 0.717) is 22.8 Å². The largest absolute Gasteiger partial charge is 0.496 e. The first-order valence-electron chi connectivity index (χ1n) is 10.3. The topological polar surface area (TPSA) is 81.7 Å². The van der Waals surface area contributed by atoms with E-state index in [-0.39, 0.29) is 18.9 Å². The number of rotatable bonds is 8. The Morgan fingerprint density at radius 1 is 0.967 bits per heavy atom. The van der Waals surface area contributed by atoms with Crippen LogP contribution in [-0.4, -0.2) is 37.9 Å². The number of ketones is 1. The third kappa shape index (κ3) is 5.69. The Kier molecular flexibility index (Phi) is 7.60. The molecule has 6 nitrogen and oxygen atoms in total. The number of carbonyl (C=O) groups excluding carboxylic acids is 3. The van der Waals surface area contributed by atoms with E-state index in [2.05, 4.69) is 5.32 Å². The summed E-state index contributed by atoms with van der Waals surface area (Å²) in [6.07, 6.45) is 6.22. The van der Waals surface area contributed by atoms with Crippen molar-refractivity contribution in [1.29, 1.82) is 0 Å². The lowest BCUT2D eigenvalue weighted by atomic mass is 9.84. The van der Waals surface area contributed by atoms with Gasteiger partial charge in [0.25, 0.3) is 5.91 Å². The molecule has 1 aliphatic carbocycles. The van der Waals surface area contributed by atoms with Crippen LogP contribution in [0.5, 0.6) is 5.75 Å². The van der Waals surface area contributed by atoms with Crippen molar-refractivity contribution >= 4 is 17.7 Å². The number of hydrogen-bond donors (Lipinski definition) is 1. The molecule has 1 aliphatic rings. The number of carbonyl (C=O) groups is 3.